The second-order valence-electron chi connectivity index (χ2n) is 6.10. The number of rotatable bonds is 4. The number of piperidine rings is 1. The molecule has 0 saturated carbocycles. The molecule has 1 fully saturated rings. The molecule has 0 aliphatic carbocycles. The Morgan fingerprint density at radius 2 is 2.00 bits per heavy atom. The van der Waals surface area contributed by atoms with Gasteiger partial charge in [0, 0.05) is 24.1 Å². The third-order valence-corrected chi connectivity index (χ3v) is 4.29. The first-order chi connectivity index (χ1) is 9.08. The molecule has 104 valence electrons. The van der Waals surface area contributed by atoms with Gasteiger partial charge in [-0.05, 0) is 32.2 Å². The monoisotopic (exact) mass is 259 g/mol. The third-order valence-electron chi connectivity index (χ3n) is 4.29. The molecule has 0 radical (unpaired) electrons. The fourth-order valence-electron chi connectivity index (χ4n) is 3.05. The highest BCUT2D eigenvalue weighted by atomic mass is 16.1. The third kappa shape index (κ3) is 3.66. The Labute approximate surface area is 116 Å². The van der Waals surface area contributed by atoms with Gasteiger partial charge in [-0.2, -0.15) is 0 Å². The summed E-state index contributed by atoms with van der Waals surface area (Å²) in [6.45, 7) is 8.69. The first-order valence-corrected chi connectivity index (χ1v) is 7.41. The Morgan fingerprint density at radius 3 is 2.63 bits per heavy atom. The predicted molar refractivity (Wildman–Crippen MR) is 79.4 cm³/mol. The molecule has 0 N–H and O–H groups in total. The van der Waals surface area contributed by atoms with Gasteiger partial charge in [0.15, 0.2) is 5.78 Å². The summed E-state index contributed by atoms with van der Waals surface area (Å²) in [5, 5.41) is 0. The zero-order valence-electron chi connectivity index (χ0n) is 12.3. The van der Waals surface area contributed by atoms with Gasteiger partial charge in [0.05, 0.1) is 0 Å². The second-order valence-corrected chi connectivity index (χ2v) is 6.10. The number of Topliss-reactive ketones (excluding diaryl/α,β-unsaturated/α-hetero) is 1. The number of carbonyl (C=O) groups is 1. The summed E-state index contributed by atoms with van der Waals surface area (Å²) in [6, 6.07) is 10.3. The normalized spacial score (nSPS) is 26.1. The van der Waals surface area contributed by atoms with Gasteiger partial charge >= 0.3 is 0 Å². The molecule has 3 unspecified atom stereocenters. The van der Waals surface area contributed by atoms with E-state index >= 15 is 0 Å². The summed E-state index contributed by atoms with van der Waals surface area (Å²) in [5.74, 6) is 1.18. The fourth-order valence-corrected chi connectivity index (χ4v) is 3.05. The maximum Gasteiger partial charge on any atom is 0.166 e. The zero-order valence-corrected chi connectivity index (χ0v) is 12.3. The maximum absolute atomic E-state index is 12.4. The molecule has 2 nitrogen and oxygen atoms in total. The molecule has 1 aliphatic heterocycles. The van der Waals surface area contributed by atoms with Crippen LogP contribution >= 0.6 is 0 Å². The molecule has 19 heavy (non-hydrogen) atoms. The molecule has 1 aliphatic rings. The van der Waals surface area contributed by atoms with Gasteiger partial charge in [-0.3, -0.25) is 9.69 Å². The fraction of sp³-hybridized carbons (Fsp3) is 0.588. The van der Waals surface area contributed by atoms with Crippen molar-refractivity contribution in [2.45, 2.75) is 39.7 Å². The van der Waals surface area contributed by atoms with Crippen molar-refractivity contribution in [3.8, 4) is 0 Å². The van der Waals surface area contributed by atoms with Crippen LogP contribution in [0, 0.1) is 11.8 Å². The van der Waals surface area contributed by atoms with Gasteiger partial charge in [-0.15, -0.1) is 0 Å². The van der Waals surface area contributed by atoms with E-state index in [9.17, 15) is 4.79 Å². The summed E-state index contributed by atoms with van der Waals surface area (Å²) >= 11 is 0. The molecule has 0 bridgehead atoms. The summed E-state index contributed by atoms with van der Waals surface area (Å²) in [4.78, 5) is 14.8. The van der Waals surface area contributed by atoms with Crippen LogP contribution in [0.25, 0.3) is 0 Å². The lowest BCUT2D eigenvalue weighted by molar-refractivity contribution is 0.0800. The Morgan fingerprint density at radius 1 is 1.32 bits per heavy atom. The van der Waals surface area contributed by atoms with E-state index in [0.717, 1.165) is 24.6 Å². The Balaban J connectivity index is 1.94. The number of carbonyl (C=O) groups excluding carboxylic acids is 1. The van der Waals surface area contributed by atoms with Crippen LogP contribution in [0.2, 0.25) is 0 Å². The molecule has 3 atom stereocenters. The van der Waals surface area contributed by atoms with Crippen LogP contribution in [-0.2, 0) is 0 Å². The summed E-state index contributed by atoms with van der Waals surface area (Å²) in [7, 11) is 0. The molecule has 1 saturated heterocycles. The van der Waals surface area contributed by atoms with E-state index in [1.165, 1.54) is 12.8 Å². The standard InChI is InChI=1S/C17H25NO/c1-13-9-10-18(15(3)11-13)12-14(2)17(19)16-7-5-4-6-8-16/h4-8,13-15H,9-12H2,1-3H3. The van der Waals surface area contributed by atoms with Crippen LogP contribution < -0.4 is 0 Å². The van der Waals surface area contributed by atoms with E-state index in [-0.39, 0.29) is 11.7 Å². The number of benzene rings is 1. The lowest BCUT2D eigenvalue weighted by Crippen LogP contribution is -2.43. The molecule has 2 heteroatoms. The van der Waals surface area contributed by atoms with Crippen molar-refractivity contribution in [1.29, 1.82) is 0 Å². The molecule has 0 aromatic heterocycles. The molecule has 1 heterocycles. The van der Waals surface area contributed by atoms with Crippen molar-refractivity contribution < 1.29 is 4.79 Å². The van der Waals surface area contributed by atoms with Crippen LogP contribution in [0.5, 0.6) is 0 Å². The van der Waals surface area contributed by atoms with Crippen LogP contribution in [0.15, 0.2) is 30.3 Å². The van der Waals surface area contributed by atoms with E-state index in [4.69, 9.17) is 0 Å². The Bertz CT molecular complexity index is 415. The van der Waals surface area contributed by atoms with Gasteiger partial charge in [-0.25, -0.2) is 0 Å². The Hall–Kier alpha value is -1.15. The molecule has 0 spiro atoms. The minimum atomic E-state index is 0.0817. The number of hydrogen-bond acceptors (Lipinski definition) is 2. The summed E-state index contributed by atoms with van der Waals surface area (Å²) < 4.78 is 0. The predicted octanol–water partition coefficient (Wildman–Crippen LogP) is 3.63. The van der Waals surface area contributed by atoms with Gasteiger partial charge in [0.25, 0.3) is 0 Å². The number of hydrogen-bond donors (Lipinski definition) is 0. The summed E-state index contributed by atoms with van der Waals surface area (Å²) in [6.07, 6.45) is 2.52. The smallest absolute Gasteiger partial charge is 0.166 e. The lowest BCUT2D eigenvalue weighted by atomic mass is 9.91. The molecule has 1 aromatic rings. The van der Waals surface area contributed by atoms with Gasteiger partial charge < -0.3 is 0 Å². The topological polar surface area (TPSA) is 20.3 Å². The quantitative estimate of drug-likeness (QED) is 0.770. The van der Waals surface area contributed by atoms with E-state index < -0.39 is 0 Å². The number of ketones is 1. The minimum absolute atomic E-state index is 0.0817. The average molecular weight is 259 g/mol. The SMILES string of the molecule is CC1CCN(CC(C)C(=O)c2ccccc2)C(C)C1. The van der Waals surface area contributed by atoms with Crippen molar-refractivity contribution in [2.75, 3.05) is 13.1 Å². The van der Waals surface area contributed by atoms with Crippen molar-refractivity contribution in [3.63, 3.8) is 0 Å². The first-order valence-electron chi connectivity index (χ1n) is 7.41. The van der Waals surface area contributed by atoms with Crippen molar-refractivity contribution >= 4 is 5.78 Å². The molecular weight excluding hydrogens is 234 g/mol. The highest BCUT2D eigenvalue weighted by Gasteiger charge is 2.26. The number of likely N-dealkylation sites (tertiary alicyclic amines) is 1. The van der Waals surface area contributed by atoms with Gasteiger partial charge in [-0.1, -0.05) is 44.2 Å². The van der Waals surface area contributed by atoms with Crippen LogP contribution in [-0.4, -0.2) is 29.8 Å². The van der Waals surface area contributed by atoms with E-state index in [1.807, 2.05) is 30.3 Å². The molecule has 1 aromatic carbocycles. The Kier molecular flexibility index (Phi) is 4.76. The van der Waals surface area contributed by atoms with Crippen molar-refractivity contribution in [3.05, 3.63) is 35.9 Å². The average Bonchev–Trinajstić information content (AvgIpc) is 2.42. The van der Waals surface area contributed by atoms with E-state index in [2.05, 4.69) is 25.7 Å². The molecule has 0 amide bonds. The van der Waals surface area contributed by atoms with Crippen LogP contribution in [0.4, 0.5) is 0 Å². The largest absolute Gasteiger partial charge is 0.300 e. The highest BCUT2D eigenvalue weighted by molar-refractivity contribution is 5.97. The number of nitrogens with zero attached hydrogens (tertiary/aromatic N) is 1. The first kappa shape index (κ1) is 14.3. The van der Waals surface area contributed by atoms with E-state index in [0.29, 0.717) is 6.04 Å². The maximum atomic E-state index is 12.4. The highest BCUT2D eigenvalue weighted by Crippen LogP contribution is 2.23. The lowest BCUT2D eigenvalue weighted by Gasteiger charge is -2.37. The van der Waals surface area contributed by atoms with Gasteiger partial charge in [0.1, 0.15) is 0 Å². The molecular formula is C17H25NO. The van der Waals surface area contributed by atoms with Crippen LogP contribution in [0.3, 0.4) is 0 Å². The van der Waals surface area contributed by atoms with Crippen molar-refractivity contribution in [1.82, 2.24) is 4.90 Å². The van der Waals surface area contributed by atoms with Gasteiger partial charge in [0.2, 0.25) is 0 Å². The second kappa shape index (κ2) is 6.33. The molecule has 2 rings (SSSR count). The van der Waals surface area contributed by atoms with Crippen molar-refractivity contribution in [2.24, 2.45) is 11.8 Å². The minimum Gasteiger partial charge on any atom is -0.300 e. The van der Waals surface area contributed by atoms with E-state index in [1.54, 1.807) is 0 Å². The summed E-state index contributed by atoms with van der Waals surface area (Å²) in [5.41, 5.74) is 0.841. The zero-order chi connectivity index (χ0) is 13.8. The van der Waals surface area contributed by atoms with Crippen LogP contribution in [0.1, 0.15) is 44.0 Å².